The number of anilines is 1. The molecule has 18 heavy (non-hydrogen) atoms. The van der Waals surface area contributed by atoms with Crippen molar-refractivity contribution < 1.29 is 4.79 Å². The summed E-state index contributed by atoms with van der Waals surface area (Å²) >= 11 is 5.93. The van der Waals surface area contributed by atoms with Crippen LogP contribution in [0.5, 0.6) is 0 Å². The number of halogens is 1. The summed E-state index contributed by atoms with van der Waals surface area (Å²) in [5, 5.41) is 10.7. The van der Waals surface area contributed by atoms with Crippen LogP contribution < -0.4 is 10.4 Å². The van der Waals surface area contributed by atoms with Gasteiger partial charge in [-0.15, -0.1) is 0 Å². The number of hydrogen-bond donors (Lipinski definition) is 1. The van der Waals surface area contributed by atoms with Gasteiger partial charge in [0.2, 0.25) is 5.91 Å². The number of nitrogens with zero attached hydrogens (tertiary/aromatic N) is 3. The van der Waals surface area contributed by atoms with Crippen LogP contribution in [0.1, 0.15) is 31.4 Å². The van der Waals surface area contributed by atoms with Crippen molar-refractivity contribution in [2.24, 2.45) is 0 Å². The number of carbonyl (C=O) groups excluding carboxylic acids is 1. The van der Waals surface area contributed by atoms with Crippen molar-refractivity contribution >= 4 is 23.3 Å². The van der Waals surface area contributed by atoms with E-state index in [1.54, 1.807) is 24.9 Å². The van der Waals surface area contributed by atoms with Crippen molar-refractivity contribution in [3.8, 4) is 6.07 Å². The fourth-order valence-corrected chi connectivity index (χ4v) is 1.70. The fourth-order valence-electron chi connectivity index (χ4n) is 1.42. The van der Waals surface area contributed by atoms with E-state index in [-0.39, 0.29) is 11.1 Å². The standard InChI is InChI=1S/C12H15ClN4O/c1-4-11(18)16-17(5-2)10-6-8(3)9(7-14)12(13)15-10/h6H,4-5H2,1-3H3,(H,16,18). The summed E-state index contributed by atoms with van der Waals surface area (Å²) in [6, 6.07) is 3.73. The highest BCUT2D eigenvalue weighted by molar-refractivity contribution is 6.30. The van der Waals surface area contributed by atoms with Gasteiger partial charge in [-0.05, 0) is 25.5 Å². The van der Waals surface area contributed by atoms with Gasteiger partial charge in [-0.2, -0.15) is 5.26 Å². The van der Waals surface area contributed by atoms with Gasteiger partial charge in [0, 0.05) is 13.0 Å². The van der Waals surface area contributed by atoms with Crippen molar-refractivity contribution in [2.45, 2.75) is 27.2 Å². The van der Waals surface area contributed by atoms with Gasteiger partial charge in [-0.3, -0.25) is 15.2 Å². The molecule has 0 bridgehead atoms. The first-order valence-electron chi connectivity index (χ1n) is 5.67. The van der Waals surface area contributed by atoms with Crippen molar-refractivity contribution in [1.82, 2.24) is 10.4 Å². The number of pyridine rings is 1. The fraction of sp³-hybridized carbons (Fsp3) is 0.417. The quantitative estimate of drug-likeness (QED) is 0.670. The van der Waals surface area contributed by atoms with Gasteiger partial charge in [0.1, 0.15) is 17.0 Å². The molecule has 0 saturated carbocycles. The number of nitrogens with one attached hydrogen (secondary N) is 1. The zero-order chi connectivity index (χ0) is 13.7. The van der Waals surface area contributed by atoms with Crippen LogP contribution in [0.4, 0.5) is 5.82 Å². The maximum Gasteiger partial charge on any atom is 0.238 e. The van der Waals surface area contributed by atoms with Crippen LogP contribution in [-0.4, -0.2) is 17.4 Å². The largest absolute Gasteiger partial charge is 0.273 e. The molecule has 0 saturated heterocycles. The monoisotopic (exact) mass is 266 g/mol. The molecule has 0 spiro atoms. The Labute approximate surface area is 111 Å². The smallest absolute Gasteiger partial charge is 0.238 e. The summed E-state index contributed by atoms with van der Waals surface area (Å²) in [5.74, 6) is 0.428. The topological polar surface area (TPSA) is 69.0 Å². The van der Waals surface area contributed by atoms with Crippen LogP contribution >= 0.6 is 11.6 Å². The molecule has 5 nitrogen and oxygen atoms in total. The number of carbonyl (C=O) groups is 1. The Bertz CT molecular complexity index is 472. The zero-order valence-corrected chi connectivity index (χ0v) is 11.4. The van der Waals surface area contributed by atoms with E-state index in [2.05, 4.69) is 10.4 Å². The van der Waals surface area contributed by atoms with E-state index in [1.165, 1.54) is 0 Å². The number of aromatic nitrogens is 1. The number of hydrazine groups is 1. The zero-order valence-electron chi connectivity index (χ0n) is 10.6. The van der Waals surface area contributed by atoms with Gasteiger partial charge in [-0.1, -0.05) is 18.5 Å². The van der Waals surface area contributed by atoms with E-state index >= 15 is 0 Å². The third-order valence-electron chi connectivity index (χ3n) is 2.44. The summed E-state index contributed by atoms with van der Waals surface area (Å²) in [6.07, 6.45) is 0.388. The first kappa shape index (κ1) is 14.3. The summed E-state index contributed by atoms with van der Waals surface area (Å²) in [7, 11) is 0. The van der Waals surface area contributed by atoms with Crippen molar-refractivity contribution in [2.75, 3.05) is 11.6 Å². The lowest BCUT2D eigenvalue weighted by Gasteiger charge is -2.23. The lowest BCUT2D eigenvalue weighted by atomic mass is 10.2. The molecule has 1 amide bonds. The molecular formula is C12H15ClN4O. The molecule has 0 aliphatic carbocycles. The van der Waals surface area contributed by atoms with Crippen molar-refractivity contribution in [3.63, 3.8) is 0 Å². The minimum absolute atomic E-state index is 0.100. The minimum atomic E-state index is -0.100. The molecule has 0 fully saturated rings. The third-order valence-corrected chi connectivity index (χ3v) is 2.72. The molecular weight excluding hydrogens is 252 g/mol. The predicted molar refractivity (Wildman–Crippen MR) is 70.2 cm³/mol. The van der Waals surface area contributed by atoms with E-state index in [0.29, 0.717) is 24.3 Å². The van der Waals surface area contributed by atoms with Gasteiger partial charge in [0.15, 0.2) is 0 Å². The first-order valence-corrected chi connectivity index (χ1v) is 6.05. The second kappa shape index (κ2) is 6.22. The minimum Gasteiger partial charge on any atom is -0.273 e. The summed E-state index contributed by atoms with van der Waals surface area (Å²) in [5.41, 5.74) is 3.81. The molecule has 0 unspecified atom stereocenters. The van der Waals surface area contributed by atoms with Gasteiger partial charge in [0.25, 0.3) is 0 Å². The van der Waals surface area contributed by atoms with Crippen molar-refractivity contribution in [3.05, 3.63) is 22.3 Å². The van der Waals surface area contributed by atoms with Crippen LogP contribution in [0.25, 0.3) is 0 Å². The molecule has 1 aromatic heterocycles. The maximum atomic E-state index is 11.4. The van der Waals surface area contributed by atoms with Gasteiger partial charge in [0.05, 0.1) is 5.56 Å². The highest BCUT2D eigenvalue weighted by Gasteiger charge is 2.13. The number of amides is 1. The Morgan fingerprint density at radius 1 is 1.61 bits per heavy atom. The highest BCUT2D eigenvalue weighted by Crippen LogP contribution is 2.21. The van der Waals surface area contributed by atoms with Crippen LogP contribution in [0.15, 0.2) is 6.07 Å². The molecule has 96 valence electrons. The molecule has 0 aliphatic heterocycles. The predicted octanol–water partition coefficient (Wildman–Crippen LogP) is 2.18. The number of rotatable bonds is 4. The lowest BCUT2D eigenvalue weighted by Crippen LogP contribution is -2.42. The van der Waals surface area contributed by atoms with Crippen molar-refractivity contribution in [1.29, 1.82) is 5.26 Å². The Hall–Kier alpha value is -1.80. The SMILES string of the molecule is CCC(=O)NN(CC)c1cc(C)c(C#N)c(Cl)n1. The van der Waals surface area contributed by atoms with E-state index < -0.39 is 0 Å². The van der Waals surface area contributed by atoms with Gasteiger partial charge in [-0.25, -0.2) is 4.98 Å². The maximum absolute atomic E-state index is 11.4. The molecule has 1 aromatic rings. The van der Waals surface area contributed by atoms with Gasteiger partial charge < -0.3 is 0 Å². The van der Waals surface area contributed by atoms with Crippen LogP contribution in [0.3, 0.4) is 0 Å². The number of hydrogen-bond acceptors (Lipinski definition) is 4. The van der Waals surface area contributed by atoms with Crippen LogP contribution in [-0.2, 0) is 4.79 Å². The molecule has 1 heterocycles. The number of aryl methyl sites for hydroxylation is 1. The van der Waals surface area contributed by atoms with E-state index in [4.69, 9.17) is 16.9 Å². The Balaban J connectivity index is 3.08. The summed E-state index contributed by atoms with van der Waals surface area (Å²) in [6.45, 7) is 6.00. The van der Waals surface area contributed by atoms with Gasteiger partial charge >= 0.3 is 0 Å². The molecule has 0 radical (unpaired) electrons. The first-order chi connectivity index (χ1) is 8.53. The van der Waals surface area contributed by atoms with Crippen LogP contribution in [0.2, 0.25) is 5.15 Å². The van der Waals surface area contributed by atoms with E-state index in [1.807, 2.05) is 13.0 Å². The normalized spacial score (nSPS) is 9.72. The molecule has 1 N–H and O–H groups in total. The third kappa shape index (κ3) is 3.11. The molecule has 6 heteroatoms. The Kier molecular flexibility index (Phi) is 4.93. The average Bonchev–Trinajstić information content (AvgIpc) is 2.35. The Morgan fingerprint density at radius 2 is 2.28 bits per heavy atom. The second-order valence-corrected chi connectivity index (χ2v) is 4.07. The molecule has 0 atom stereocenters. The molecule has 1 rings (SSSR count). The number of nitriles is 1. The summed E-state index contributed by atoms with van der Waals surface area (Å²) < 4.78 is 0. The van der Waals surface area contributed by atoms with Crippen LogP contribution in [0, 0.1) is 18.3 Å². The molecule has 0 aliphatic rings. The second-order valence-electron chi connectivity index (χ2n) is 3.71. The Morgan fingerprint density at radius 3 is 2.72 bits per heavy atom. The summed E-state index contributed by atoms with van der Waals surface area (Å²) in [4.78, 5) is 15.5. The van der Waals surface area contributed by atoms with E-state index in [9.17, 15) is 4.79 Å². The average molecular weight is 267 g/mol. The highest BCUT2D eigenvalue weighted by atomic mass is 35.5. The molecule has 0 aromatic carbocycles. The lowest BCUT2D eigenvalue weighted by molar-refractivity contribution is -0.120. The van der Waals surface area contributed by atoms with E-state index in [0.717, 1.165) is 5.56 Å².